The highest BCUT2D eigenvalue weighted by Gasteiger charge is 2.07. The summed E-state index contributed by atoms with van der Waals surface area (Å²) >= 11 is 5.33. The highest BCUT2D eigenvalue weighted by atomic mass is 32.1. The molecule has 2 N–H and O–H groups in total. The van der Waals surface area contributed by atoms with E-state index in [4.69, 9.17) is 17.0 Å². The second-order valence-corrected chi connectivity index (χ2v) is 8.05. The first-order valence-corrected chi connectivity index (χ1v) is 11.0. The van der Waals surface area contributed by atoms with Gasteiger partial charge in [0.05, 0.1) is 18.0 Å². The molecule has 1 amide bonds. The lowest BCUT2D eigenvalue weighted by Crippen LogP contribution is -2.25. The predicted octanol–water partition coefficient (Wildman–Crippen LogP) is 4.30. The number of unbranched alkanes of at least 4 members (excludes halogenated alkanes) is 2. The Morgan fingerprint density at radius 3 is 2.77 bits per heavy atom. The van der Waals surface area contributed by atoms with Gasteiger partial charge in [-0.1, -0.05) is 36.2 Å². The largest absolute Gasteiger partial charge is 0.496 e. The van der Waals surface area contributed by atoms with E-state index in [1.165, 1.54) is 5.56 Å². The van der Waals surface area contributed by atoms with Crippen molar-refractivity contribution >= 4 is 29.0 Å². The Morgan fingerprint density at radius 2 is 1.97 bits per heavy atom. The monoisotopic (exact) mass is 439 g/mol. The highest BCUT2D eigenvalue weighted by molar-refractivity contribution is 7.71. The van der Waals surface area contributed by atoms with Gasteiger partial charge < -0.3 is 15.0 Å². The van der Waals surface area contributed by atoms with Crippen molar-refractivity contribution < 1.29 is 9.53 Å². The fraction of sp³-hybridized carbons (Fsp3) is 0.375. The molecule has 0 radical (unpaired) electrons. The highest BCUT2D eigenvalue weighted by Crippen LogP contribution is 2.19. The average Bonchev–Trinajstić information content (AvgIpc) is 2.75. The molecule has 0 aliphatic heterocycles. The van der Waals surface area contributed by atoms with E-state index in [1.807, 2.05) is 37.3 Å². The van der Waals surface area contributed by atoms with E-state index < -0.39 is 0 Å². The molecule has 7 heteroatoms. The predicted molar refractivity (Wildman–Crippen MR) is 126 cm³/mol. The fourth-order valence-electron chi connectivity index (χ4n) is 3.66. The van der Waals surface area contributed by atoms with E-state index in [0.717, 1.165) is 42.5 Å². The van der Waals surface area contributed by atoms with Gasteiger partial charge in [-0.2, -0.15) is 0 Å². The molecule has 0 unspecified atom stereocenters. The number of aryl methyl sites for hydroxylation is 1. The average molecular weight is 440 g/mol. The molecule has 6 nitrogen and oxygen atoms in total. The molecule has 3 aromatic rings. The number of para-hydroxylation sites is 1. The number of aromatic nitrogens is 2. The van der Waals surface area contributed by atoms with Crippen LogP contribution >= 0.6 is 12.2 Å². The van der Waals surface area contributed by atoms with Crippen LogP contribution in [-0.4, -0.2) is 29.1 Å². The summed E-state index contributed by atoms with van der Waals surface area (Å²) in [5, 5.41) is 3.62. The standard InChI is InChI=1S/C24H29N3O3S/c1-17-11-12-21(30-2)18(16-17)13-14-25-22(28)10-4-3-7-15-27-23(29)19-8-5-6-9-20(19)26-24(27)31/h5-6,8-9,11-12,16H,3-4,7,10,13-15H2,1-2H3,(H,25,28)(H,26,31). The molecule has 0 atom stereocenters. The van der Waals surface area contributed by atoms with Gasteiger partial charge in [-0.3, -0.25) is 14.2 Å². The van der Waals surface area contributed by atoms with Crippen LogP contribution in [0.4, 0.5) is 0 Å². The van der Waals surface area contributed by atoms with Crippen molar-refractivity contribution in [2.24, 2.45) is 0 Å². The first kappa shape index (κ1) is 22.7. The van der Waals surface area contributed by atoms with Gasteiger partial charge in [0.1, 0.15) is 5.75 Å². The number of hydrogen-bond acceptors (Lipinski definition) is 4. The minimum atomic E-state index is -0.0660. The summed E-state index contributed by atoms with van der Waals surface area (Å²) in [6.07, 6.45) is 3.64. The Balaban J connectivity index is 1.40. The van der Waals surface area contributed by atoms with Crippen LogP contribution in [0.2, 0.25) is 0 Å². The maximum absolute atomic E-state index is 12.6. The van der Waals surface area contributed by atoms with Gasteiger partial charge in [0.2, 0.25) is 5.91 Å². The van der Waals surface area contributed by atoms with Crippen molar-refractivity contribution in [2.75, 3.05) is 13.7 Å². The summed E-state index contributed by atoms with van der Waals surface area (Å²) in [5.41, 5.74) is 2.96. The summed E-state index contributed by atoms with van der Waals surface area (Å²) in [5.74, 6) is 0.897. The van der Waals surface area contributed by atoms with Gasteiger partial charge in [-0.05, 0) is 62.2 Å². The van der Waals surface area contributed by atoms with E-state index in [0.29, 0.717) is 29.7 Å². The molecule has 0 bridgehead atoms. The van der Waals surface area contributed by atoms with Crippen molar-refractivity contribution in [3.8, 4) is 5.75 Å². The van der Waals surface area contributed by atoms with Crippen molar-refractivity contribution in [3.05, 3.63) is 68.7 Å². The summed E-state index contributed by atoms with van der Waals surface area (Å²) in [7, 11) is 1.66. The minimum Gasteiger partial charge on any atom is -0.496 e. The molecule has 31 heavy (non-hydrogen) atoms. The number of nitrogens with one attached hydrogen (secondary N) is 2. The van der Waals surface area contributed by atoms with Crippen molar-refractivity contribution in [2.45, 2.75) is 45.6 Å². The van der Waals surface area contributed by atoms with Crippen LogP contribution in [0.1, 0.15) is 36.8 Å². The van der Waals surface area contributed by atoms with Crippen LogP contribution in [0, 0.1) is 11.7 Å². The molecule has 164 valence electrons. The third kappa shape index (κ3) is 6.04. The van der Waals surface area contributed by atoms with E-state index in [2.05, 4.69) is 16.4 Å². The van der Waals surface area contributed by atoms with Gasteiger partial charge in [0.25, 0.3) is 5.56 Å². The van der Waals surface area contributed by atoms with Crippen LogP contribution in [-0.2, 0) is 17.8 Å². The van der Waals surface area contributed by atoms with Gasteiger partial charge in [-0.15, -0.1) is 0 Å². The Morgan fingerprint density at radius 1 is 1.16 bits per heavy atom. The number of aromatic amines is 1. The zero-order valence-corrected chi connectivity index (χ0v) is 18.9. The SMILES string of the molecule is COc1ccc(C)cc1CCNC(=O)CCCCCn1c(=S)[nH]c2ccccc2c1=O. The Hall–Kier alpha value is -2.93. The number of carbonyl (C=O) groups is 1. The quantitative estimate of drug-likeness (QED) is 0.365. The van der Waals surface area contributed by atoms with E-state index in [9.17, 15) is 9.59 Å². The van der Waals surface area contributed by atoms with E-state index in [-0.39, 0.29) is 11.5 Å². The molecular weight excluding hydrogens is 410 g/mol. The van der Waals surface area contributed by atoms with Crippen LogP contribution in [0.15, 0.2) is 47.3 Å². The number of benzene rings is 2. The van der Waals surface area contributed by atoms with Crippen LogP contribution in [0.25, 0.3) is 10.9 Å². The molecule has 0 aliphatic rings. The molecule has 0 fully saturated rings. The third-order valence-corrected chi connectivity index (χ3v) is 5.65. The van der Waals surface area contributed by atoms with Crippen LogP contribution in [0.3, 0.4) is 0 Å². The number of amides is 1. The molecule has 1 aromatic heterocycles. The van der Waals surface area contributed by atoms with Gasteiger partial charge >= 0.3 is 0 Å². The zero-order chi connectivity index (χ0) is 22.2. The molecule has 1 heterocycles. The Labute approximate surface area is 187 Å². The molecule has 0 saturated heterocycles. The first-order valence-electron chi connectivity index (χ1n) is 10.6. The number of nitrogens with zero attached hydrogens (tertiary/aromatic N) is 1. The van der Waals surface area contributed by atoms with Gasteiger partial charge in [-0.25, -0.2) is 0 Å². The zero-order valence-electron chi connectivity index (χ0n) is 18.1. The summed E-state index contributed by atoms with van der Waals surface area (Å²) in [6, 6.07) is 13.4. The lowest BCUT2D eigenvalue weighted by molar-refractivity contribution is -0.121. The molecule has 2 aromatic carbocycles. The molecular formula is C24H29N3O3S. The smallest absolute Gasteiger partial charge is 0.262 e. The lowest BCUT2D eigenvalue weighted by atomic mass is 10.1. The van der Waals surface area contributed by atoms with Crippen molar-refractivity contribution in [3.63, 3.8) is 0 Å². The number of methoxy groups -OCH3 is 1. The number of rotatable bonds is 10. The molecule has 0 spiro atoms. The van der Waals surface area contributed by atoms with Gasteiger partial charge in [0.15, 0.2) is 4.77 Å². The second kappa shape index (κ2) is 10.9. The maximum atomic E-state index is 12.6. The van der Waals surface area contributed by atoms with Gasteiger partial charge in [0, 0.05) is 19.5 Å². The van der Waals surface area contributed by atoms with Crippen LogP contribution < -0.4 is 15.6 Å². The normalized spacial score (nSPS) is 10.9. The van der Waals surface area contributed by atoms with Crippen molar-refractivity contribution in [1.82, 2.24) is 14.9 Å². The number of fused-ring (bicyclic) bond motifs is 1. The maximum Gasteiger partial charge on any atom is 0.262 e. The minimum absolute atomic E-state index is 0.0479. The summed E-state index contributed by atoms with van der Waals surface area (Å²) in [6.45, 7) is 3.18. The van der Waals surface area contributed by atoms with E-state index in [1.54, 1.807) is 17.7 Å². The molecule has 0 saturated carbocycles. The number of ether oxygens (including phenoxy) is 1. The number of H-pyrrole nitrogens is 1. The topological polar surface area (TPSA) is 76.1 Å². The Kier molecular flexibility index (Phi) is 8.00. The third-order valence-electron chi connectivity index (χ3n) is 5.33. The van der Waals surface area contributed by atoms with Crippen molar-refractivity contribution in [1.29, 1.82) is 0 Å². The molecule has 3 rings (SSSR count). The lowest BCUT2D eigenvalue weighted by Gasteiger charge is -2.10. The van der Waals surface area contributed by atoms with E-state index >= 15 is 0 Å². The number of carbonyl (C=O) groups excluding carboxylic acids is 1. The first-order chi connectivity index (χ1) is 15.0. The summed E-state index contributed by atoms with van der Waals surface area (Å²) in [4.78, 5) is 27.9. The summed E-state index contributed by atoms with van der Waals surface area (Å²) < 4.78 is 7.42. The van der Waals surface area contributed by atoms with Crippen LogP contribution in [0.5, 0.6) is 5.75 Å². The Bertz CT molecular complexity index is 1170. The number of hydrogen-bond donors (Lipinski definition) is 2. The fourth-order valence-corrected chi connectivity index (χ4v) is 3.95. The molecule has 0 aliphatic carbocycles. The second-order valence-electron chi connectivity index (χ2n) is 7.66.